The maximum Gasteiger partial charge on any atom is 0.0979 e. The van der Waals surface area contributed by atoms with Crippen molar-refractivity contribution < 1.29 is 0 Å². The van der Waals surface area contributed by atoms with Crippen LogP contribution in [0.5, 0.6) is 0 Å². The van der Waals surface area contributed by atoms with Crippen molar-refractivity contribution in [1.29, 1.82) is 0 Å². The number of aromatic nitrogens is 4. The van der Waals surface area contributed by atoms with Crippen molar-refractivity contribution in [3.05, 3.63) is 217 Å². The SMILES string of the molecule is CC1(C)c2ccccc2-c2ccc(-c3ccc(-c4ccc5c(c4)C(C)(C)c4ccccc4-5)c4nc(-c5ccc(-c6cccnc6)cc5)c(-c5ccc(-c6cccnc6)cc5)nc34)cc21. The van der Waals surface area contributed by atoms with E-state index in [1.807, 2.05) is 36.9 Å². The molecule has 0 unspecified atom stereocenters. The van der Waals surface area contributed by atoms with Crippen LogP contribution in [0.15, 0.2) is 195 Å². The third kappa shape index (κ3) is 5.90. The average Bonchev–Trinajstić information content (AvgIpc) is 3.72. The number of rotatable bonds is 6. The van der Waals surface area contributed by atoms with E-state index < -0.39 is 0 Å². The third-order valence-electron chi connectivity index (χ3n) is 13.9. The van der Waals surface area contributed by atoms with Crippen molar-refractivity contribution in [2.75, 3.05) is 0 Å². The lowest BCUT2D eigenvalue weighted by Gasteiger charge is -2.23. The summed E-state index contributed by atoms with van der Waals surface area (Å²) in [5, 5.41) is 0. The Bertz CT molecular complexity index is 3230. The lowest BCUT2D eigenvalue weighted by atomic mass is 9.81. The summed E-state index contributed by atoms with van der Waals surface area (Å²) in [6, 6.07) is 61.6. The summed E-state index contributed by atoms with van der Waals surface area (Å²) < 4.78 is 0. The molecule has 2 aliphatic carbocycles. The van der Waals surface area contributed by atoms with Gasteiger partial charge in [0.1, 0.15) is 0 Å². The molecule has 0 atom stereocenters. The molecule has 64 heavy (non-hydrogen) atoms. The van der Waals surface area contributed by atoms with Crippen LogP contribution < -0.4 is 0 Å². The Kier molecular flexibility index (Phi) is 8.51. The Morgan fingerprint density at radius 3 is 1.06 bits per heavy atom. The minimum atomic E-state index is -0.144. The number of hydrogen-bond donors (Lipinski definition) is 0. The van der Waals surface area contributed by atoms with Crippen LogP contribution >= 0.6 is 0 Å². The lowest BCUT2D eigenvalue weighted by molar-refractivity contribution is 0.660. The van der Waals surface area contributed by atoms with E-state index in [0.717, 1.165) is 78.1 Å². The van der Waals surface area contributed by atoms with Crippen molar-refractivity contribution in [3.8, 4) is 89.3 Å². The van der Waals surface area contributed by atoms with E-state index in [4.69, 9.17) is 9.97 Å². The zero-order valence-electron chi connectivity index (χ0n) is 36.3. The van der Waals surface area contributed by atoms with Crippen molar-refractivity contribution in [2.45, 2.75) is 38.5 Å². The first-order valence-corrected chi connectivity index (χ1v) is 22.1. The summed E-state index contributed by atoms with van der Waals surface area (Å²) in [7, 11) is 0. The molecular weight excluding hydrogens is 777 g/mol. The molecule has 4 heteroatoms. The highest BCUT2D eigenvalue weighted by atomic mass is 14.8. The molecule has 2 aliphatic rings. The van der Waals surface area contributed by atoms with E-state index in [9.17, 15) is 0 Å². The van der Waals surface area contributed by atoms with Crippen LogP contribution in [0.3, 0.4) is 0 Å². The normalized spacial score (nSPS) is 13.9. The predicted molar refractivity (Wildman–Crippen MR) is 263 cm³/mol. The van der Waals surface area contributed by atoms with E-state index in [1.165, 1.54) is 44.5 Å². The van der Waals surface area contributed by atoms with Gasteiger partial charge in [0.25, 0.3) is 0 Å². The monoisotopic (exact) mass is 820 g/mol. The molecule has 12 rings (SSSR count). The summed E-state index contributed by atoms with van der Waals surface area (Å²) in [6.07, 6.45) is 7.43. The van der Waals surface area contributed by atoms with Gasteiger partial charge in [-0.25, -0.2) is 9.97 Å². The zero-order chi connectivity index (χ0) is 43.2. The summed E-state index contributed by atoms with van der Waals surface area (Å²) in [5.74, 6) is 0. The number of nitrogens with zero attached hydrogens (tertiary/aromatic N) is 4. The summed E-state index contributed by atoms with van der Waals surface area (Å²) in [4.78, 5) is 20.3. The van der Waals surface area contributed by atoms with E-state index in [1.54, 1.807) is 0 Å². The van der Waals surface area contributed by atoms with E-state index in [-0.39, 0.29) is 10.8 Å². The Morgan fingerprint density at radius 1 is 0.297 bits per heavy atom. The molecule has 0 bridgehead atoms. The molecule has 10 aromatic rings. The van der Waals surface area contributed by atoms with E-state index in [2.05, 4.69) is 195 Å². The molecule has 3 aromatic heterocycles. The van der Waals surface area contributed by atoms with Gasteiger partial charge in [0.2, 0.25) is 0 Å². The first-order valence-electron chi connectivity index (χ1n) is 22.1. The van der Waals surface area contributed by atoms with Crippen molar-refractivity contribution in [3.63, 3.8) is 0 Å². The van der Waals surface area contributed by atoms with Gasteiger partial charge in [-0.05, 0) is 102 Å². The van der Waals surface area contributed by atoms with Crippen LogP contribution in [0.25, 0.3) is 100 Å². The standard InChI is InChI=1S/C60H44N4/c1-59(2)51-15-7-5-13-47(51)49-27-25-41(33-53(49)59)45-29-30-46(42-26-28-50-48-14-6-8-16-52(48)60(3,4)54(50)34-42)58-57(45)63-55(39-21-17-37(18-22-39)43-11-9-31-61-35-43)56(64-58)40-23-19-38(20-24-40)44-12-10-32-62-36-44/h5-36H,1-4H3. The second-order valence-electron chi connectivity index (χ2n) is 18.3. The van der Waals surface area contributed by atoms with Gasteiger partial charge in [-0.1, -0.05) is 173 Å². The van der Waals surface area contributed by atoms with Gasteiger partial charge in [0.15, 0.2) is 0 Å². The summed E-state index contributed by atoms with van der Waals surface area (Å²) in [6.45, 7) is 9.37. The molecule has 0 radical (unpaired) electrons. The van der Waals surface area contributed by atoms with Crippen LogP contribution in [0.1, 0.15) is 49.9 Å². The molecule has 7 aromatic carbocycles. The van der Waals surface area contributed by atoms with Gasteiger partial charge in [0.05, 0.1) is 22.4 Å². The average molecular weight is 821 g/mol. The maximum absolute atomic E-state index is 5.79. The Balaban J connectivity index is 1.10. The highest BCUT2D eigenvalue weighted by molar-refractivity contribution is 6.04. The molecule has 3 heterocycles. The lowest BCUT2D eigenvalue weighted by Crippen LogP contribution is -2.15. The molecule has 0 fully saturated rings. The third-order valence-corrected chi connectivity index (χ3v) is 13.9. The number of fused-ring (bicyclic) bond motifs is 7. The Labute approximate surface area is 374 Å². The van der Waals surface area contributed by atoms with Crippen LogP contribution in [-0.4, -0.2) is 19.9 Å². The molecule has 0 N–H and O–H groups in total. The molecule has 0 saturated carbocycles. The molecule has 304 valence electrons. The fourth-order valence-electron chi connectivity index (χ4n) is 10.5. The molecular formula is C60H44N4. The highest BCUT2D eigenvalue weighted by Crippen LogP contribution is 2.52. The van der Waals surface area contributed by atoms with Crippen molar-refractivity contribution >= 4 is 11.0 Å². The van der Waals surface area contributed by atoms with Gasteiger partial charge >= 0.3 is 0 Å². The quantitative estimate of drug-likeness (QED) is 0.168. The van der Waals surface area contributed by atoms with Gasteiger partial charge in [-0.2, -0.15) is 0 Å². The van der Waals surface area contributed by atoms with Crippen LogP contribution in [-0.2, 0) is 10.8 Å². The topological polar surface area (TPSA) is 51.6 Å². The van der Waals surface area contributed by atoms with Gasteiger partial charge in [0, 0.05) is 57.9 Å². The fourth-order valence-corrected chi connectivity index (χ4v) is 10.5. The minimum absolute atomic E-state index is 0.144. The first-order chi connectivity index (χ1) is 31.2. The Hall–Kier alpha value is -7.82. The summed E-state index contributed by atoms with van der Waals surface area (Å²) in [5.41, 5.74) is 24.4. The van der Waals surface area contributed by atoms with Gasteiger partial charge in [-0.3, -0.25) is 9.97 Å². The second-order valence-corrected chi connectivity index (χ2v) is 18.3. The molecule has 0 aliphatic heterocycles. The zero-order valence-corrected chi connectivity index (χ0v) is 36.3. The smallest absolute Gasteiger partial charge is 0.0979 e. The molecule has 0 amide bonds. The number of pyridine rings is 2. The molecule has 0 saturated heterocycles. The maximum atomic E-state index is 5.79. The van der Waals surface area contributed by atoms with E-state index >= 15 is 0 Å². The fraction of sp³-hybridized carbons (Fsp3) is 0.100. The molecule has 4 nitrogen and oxygen atoms in total. The number of benzene rings is 7. The van der Waals surface area contributed by atoms with Crippen molar-refractivity contribution in [1.82, 2.24) is 19.9 Å². The van der Waals surface area contributed by atoms with Crippen LogP contribution in [0.2, 0.25) is 0 Å². The van der Waals surface area contributed by atoms with Crippen molar-refractivity contribution in [2.24, 2.45) is 0 Å². The predicted octanol–water partition coefficient (Wildman–Crippen LogP) is 15.0. The minimum Gasteiger partial charge on any atom is -0.264 e. The van der Waals surface area contributed by atoms with Gasteiger partial charge in [-0.15, -0.1) is 0 Å². The van der Waals surface area contributed by atoms with Crippen LogP contribution in [0.4, 0.5) is 0 Å². The van der Waals surface area contributed by atoms with Crippen LogP contribution in [0, 0.1) is 0 Å². The highest BCUT2D eigenvalue weighted by Gasteiger charge is 2.37. The van der Waals surface area contributed by atoms with E-state index in [0.29, 0.717) is 0 Å². The second kappa shape index (κ2) is 14.4. The molecule has 0 spiro atoms. The largest absolute Gasteiger partial charge is 0.264 e. The summed E-state index contributed by atoms with van der Waals surface area (Å²) >= 11 is 0. The van der Waals surface area contributed by atoms with Gasteiger partial charge < -0.3 is 0 Å². The Morgan fingerprint density at radius 2 is 0.656 bits per heavy atom. The first kappa shape index (κ1) is 37.9. The number of hydrogen-bond acceptors (Lipinski definition) is 4.